The monoisotopic (exact) mass is 434 g/mol. The number of piperazine rings is 1. The van der Waals surface area contributed by atoms with Gasteiger partial charge in [-0.05, 0) is 26.8 Å². The first-order chi connectivity index (χ1) is 14.3. The quantitative estimate of drug-likeness (QED) is 0.486. The summed E-state index contributed by atoms with van der Waals surface area (Å²) >= 11 is 0. The topological polar surface area (TPSA) is 54.4 Å². The first-order valence-electron chi connectivity index (χ1n) is 11.1. The minimum atomic E-state index is -4.19. The van der Waals surface area contributed by atoms with E-state index in [4.69, 9.17) is 0 Å². The van der Waals surface area contributed by atoms with Gasteiger partial charge in [-0.2, -0.15) is 13.2 Å². The molecule has 1 N–H and O–H groups in total. The van der Waals surface area contributed by atoms with Gasteiger partial charge in [-0.1, -0.05) is 12.8 Å². The van der Waals surface area contributed by atoms with Crippen LogP contribution in [0.2, 0.25) is 0 Å². The molecule has 0 radical (unpaired) electrons. The Morgan fingerprint density at radius 3 is 2.20 bits per heavy atom. The van der Waals surface area contributed by atoms with Crippen molar-refractivity contribution in [3.05, 3.63) is 0 Å². The van der Waals surface area contributed by atoms with Crippen LogP contribution in [0.3, 0.4) is 0 Å². The minimum Gasteiger partial charge on any atom is -0.357 e. The van der Waals surface area contributed by atoms with Gasteiger partial charge in [0.25, 0.3) is 0 Å². The van der Waals surface area contributed by atoms with Gasteiger partial charge in [-0.25, -0.2) is 0 Å². The van der Waals surface area contributed by atoms with E-state index in [0.717, 1.165) is 58.1 Å². The van der Waals surface area contributed by atoms with Crippen molar-refractivity contribution in [3.8, 4) is 0 Å². The predicted molar refractivity (Wildman–Crippen MR) is 113 cm³/mol. The SMILES string of the molecule is CCNC(=NCCN(C)CC(F)(F)F)N1CCN(CC(=O)N2CCCCCC2)CC1. The van der Waals surface area contributed by atoms with E-state index in [1.165, 1.54) is 24.8 Å². The number of rotatable bonds is 7. The van der Waals surface area contributed by atoms with Crippen LogP contribution in [0, 0.1) is 0 Å². The highest BCUT2D eigenvalue weighted by Crippen LogP contribution is 2.15. The van der Waals surface area contributed by atoms with Crippen LogP contribution in [0.5, 0.6) is 0 Å². The van der Waals surface area contributed by atoms with Crippen molar-refractivity contribution in [2.45, 2.75) is 38.8 Å². The maximum Gasteiger partial charge on any atom is 0.401 e. The zero-order valence-electron chi connectivity index (χ0n) is 18.4. The first-order valence-corrected chi connectivity index (χ1v) is 11.1. The number of hydrogen-bond donors (Lipinski definition) is 1. The molecule has 0 spiro atoms. The van der Waals surface area contributed by atoms with Gasteiger partial charge < -0.3 is 15.1 Å². The van der Waals surface area contributed by atoms with Crippen molar-refractivity contribution < 1.29 is 18.0 Å². The van der Waals surface area contributed by atoms with Crippen molar-refractivity contribution in [1.29, 1.82) is 0 Å². The third-order valence-electron chi connectivity index (χ3n) is 5.52. The molecule has 0 aromatic rings. The molecule has 0 aliphatic carbocycles. The second kappa shape index (κ2) is 12.3. The van der Waals surface area contributed by atoms with Gasteiger partial charge in [0.15, 0.2) is 5.96 Å². The molecule has 10 heteroatoms. The van der Waals surface area contributed by atoms with E-state index in [1.54, 1.807) is 0 Å². The highest BCUT2D eigenvalue weighted by molar-refractivity contribution is 5.80. The van der Waals surface area contributed by atoms with Gasteiger partial charge >= 0.3 is 6.18 Å². The van der Waals surface area contributed by atoms with Crippen molar-refractivity contribution >= 4 is 11.9 Å². The molecule has 30 heavy (non-hydrogen) atoms. The van der Waals surface area contributed by atoms with E-state index in [0.29, 0.717) is 19.6 Å². The summed E-state index contributed by atoms with van der Waals surface area (Å²) in [5.74, 6) is 0.954. The third kappa shape index (κ3) is 9.07. The number of alkyl halides is 3. The van der Waals surface area contributed by atoms with Crippen molar-refractivity contribution in [2.24, 2.45) is 4.99 Å². The van der Waals surface area contributed by atoms with Crippen LogP contribution in [0.1, 0.15) is 32.6 Å². The van der Waals surface area contributed by atoms with Gasteiger partial charge in [-0.3, -0.25) is 19.6 Å². The summed E-state index contributed by atoms with van der Waals surface area (Å²) in [5.41, 5.74) is 0. The molecule has 0 atom stereocenters. The average Bonchev–Trinajstić information content (AvgIpc) is 2.96. The predicted octanol–water partition coefficient (Wildman–Crippen LogP) is 1.47. The number of guanidine groups is 1. The molecule has 2 aliphatic heterocycles. The Morgan fingerprint density at radius 1 is 1.00 bits per heavy atom. The van der Waals surface area contributed by atoms with Gasteiger partial charge in [0.05, 0.1) is 19.6 Å². The van der Waals surface area contributed by atoms with Gasteiger partial charge in [-0.15, -0.1) is 0 Å². The van der Waals surface area contributed by atoms with Crippen LogP contribution in [0.25, 0.3) is 0 Å². The number of carbonyl (C=O) groups excluding carboxylic acids is 1. The second-order valence-electron chi connectivity index (χ2n) is 8.15. The standard InChI is InChI=1S/C20H37F3N6O/c1-3-24-19(25-8-11-26(2)17-20(21,22)23)29-14-12-27(13-15-29)16-18(30)28-9-6-4-5-7-10-28/h3-17H2,1-2H3,(H,24,25). The zero-order valence-corrected chi connectivity index (χ0v) is 18.4. The van der Waals surface area contributed by atoms with E-state index >= 15 is 0 Å². The molecule has 0 saturated carbocycles. The fourth-order valence-corrected chi connectivity index (χ4v) is 3.87. The maximum atomic E-state index is 12.6. The molecular formula is C20H37F3N6O. The second-order valence-corrected chi connectivity index (χ2v) is 8.15. The molecular weight excluding hydrogens is 397 g/mol. The minimum absolute atomic E-state index is 0.221. The lowest BCUT2D eigenvalue weighted by molar-refractivity contribution is -0.142. The number of nitrogens with one attached hydrogen (secondary N) is 1. The summed E-state index contributed by atoms with van der Waals surface area (Å²) in [6, 6.07) is 0. The molecule has 7 nitrogen and oxygen atoms in total. The zero-order chi connectivity index (χ0) is 22.0. The third-order valence-corrected chi connectivity index (χ3v) is 5.52. The molecule has 0 unspecified atom stereocenters. The summed E-state index contributed by atoms with van der Waals surface area (Å²) in [6.07, 6.45) is 0.423. The van der Waals surface area contributed by atoms with Crippen LogP contribution in [-0.2, 0) is 4.79 Å². The van der Waals surface area contributed by atoms with Crippen molar-refractivity contribution in [1.82, 2.24) is 24.9 Å². The Morgan fingerprint density at radius 2 is 1.63 bits per heavy atom. The molecule has 2 fully saturated rings. The average molecular weight is 435 g/mol. The molecule has 0 aromatic heterocycles. The summed E-state index contributed by atoms with van der Waals surface area (Å²) < 4.78 is 37.3. The molecule has 2 heterocycles. The van der Waals surface area contributed by atoms with E-state index < -0.39 is 12.7 Å². The summed E-state index contributed by atoms with van der Waals surface area (Å²) in [5, 5.41) is 3.23. The summed E-state index contributed by atoms with van der Waals surface area (Å²) in [7, 11) is 1.45. The lowest BCUT2D eigenvalue weighted by Crippen LogP contribution is -2.54. The Bertz CT molecular complexity index is 541. The highest BCUT2D eigenvalue weighted by Gasteiger charge is 2.29. The molecule has 0 aromatic carbocycles. The molecule has 174 valence electrons. The van der Waals surface area contributed by atoms with Gasteiger partial charge in [0, 0.05) is 52.4 Å². The van der Waals surface area contributed by atoms with Crippen LogP contribution < -0.4 is 5.32 Å². The molecule has 2 saturated heterocycles. The van der Waals surface area contributed by atoms with E-state index in [9.17, 15) is 18.0 Å². The van der Waals surface area contributed by atoms with E-state index in [2.05, 4.69) is 20.1 Å². The van der Waals surface area contributed by atoms with Gasteiger partial charge in [0.1, 0.15) is 0 Å². The number of aliphatic imine (C=N–C) groups is 1. The van der Waals surface area contributed by atoms with Crippen LogP contribution in [-0.4, -0.2) is 117 Å². The number of amides is 1. The Kier molecular flexibility index (Phi) is 10.2. The number of halogens is 3. The number of hydrogen-bond acceptors (Lipinski definition) is 4. The molecule has 2 rings (SSSR count). The van der Waals surface area contributed by atoms with E-state index in [-0.39, 0.29) is 12.5 Å². The Hall–Kier alpha value is -1.55. The van der Waals surface area contributed by atoms with E-state index in [1.807, 2.05) is 11.8 Å². The molecule has 0 bridgehead atoms. The van der Waals surface area contributed by atoms with Crippen molar-refractivity contribution in [3.63, 3.8) is 0 Å². The first kappa shape index (κ1) is 24.7. The smallest absolute Gasteiger partial charge is 0.357 e. The van der Waals surface area contributed by atoms with Gasteiger partial charge in [0.2, 0.25) is 5.91 Å². The summed E-state index contributed by atoms with van der Waals surface area (Å²) in [4.78, 5) is 24.6. The maximum absolute atomic E-state index is 12.6. The molecule has 1 amide bonds. The highest BCUT2D eigenvalue weighted by atomic mass is 19.4. The number of nitrogens with zero attached hydrogens (tertiary/aromatic N) is 5. The van der Waals surface area contributed by atoms with Crippen molar-refractivity contribution in [2.75, 3.05) is 79.0 Å². The fourth-order valence-electron chi connectivity index (χ4n) is 3.87. The fraction of sp³-hybridized carbons (Fsp3) is 0.900. The lowest BCUT2D eigenvalue weighted by Gasteiger charge is -2.37. The number of likely N-dealkylation sites (tertiary alicyclic amines) is 1. The normalized spacial score (nSPS) is 19.9. The Balaban J connectivity index is 1.77. The number of likely N-dealkylation sites (N-methyl/N-ethyl adjacent to an activating group) is 1. The molecule has 2 aliphatic rings. The van der Waals surface area contributed by atoms with Crippen LogP contribution >= 0.6 is 0 Å². The van der Waals surface area contributed by atoms with Crippen LogP contribution in [0.15, 0.2) is 4.99 Å². The Labute approximate surface area is 178 Å². The lowest BCUT2D eigenvalue weighted by atomic mass is 10.2. The number of carbonyl (C=O) groups is 1. The van der Waals surface area contributed by atoms with Crippen LogP contribution in [0.4, 0.5) is 13.2 Å². The largest absolute Gasteiger partial charge is 0.401 e. The summed E-state index contributed by atoms with van der Waals surface area (Å²) in [6.45, 7) is 7.56.